The molecule has 0 aliphatic carbocycles. The van der Waals surface area contributed by atoms with E-state index in [0.717, 1.165) is 11.3 Å². The molecule has 2 rings (SSSR count). The van der Waals surface area contributed by atoms with Gasteiger partial charge in [-0.3, -0.25) is 0 Å². The lowest BCUT2D eigenvalue weighted by molar-refractivity contribution is -0.274. The summed E-state index contributed by atoms with van der Waals surface area (Å²) in [6.45, 7) is 0.454. The molecule has 0 atom stereocenters. The molecule has 0 unspecified atom stereocenters. The van der Waals surface area contributed by atoms with Gasteiger partial charge in [0.2, 0.25) is 0 Å². The molecule has 6 heteroatoms. The van der Waals surface area contributed by atoms with Crippen LogP contribution in [0.1, 0.15) is 5.56 Å². The number of ether oxygens (including phenoxy) is 1. The highest BCUT2D eigenvalue weighted by atomic mass is 35.5. The molecule has 0 fully saturated rings. The van der Waals surface area contributed by atoms with Crippen LogP contribution in [-0.4, -0.2) is 6.36 Å². The lowest BCUT2D eigenvalue weighted by Crippen LogP contribution is -2.17. The SMILES string of the molecule is FC(F)(F)Oc1ccc(CNc2ccccc2Cl)cc1. The van der Waals surface area contributed by atoms with Gasteiger partial charge in [-0.25, -0.2) is 0 Å². The summed E-state index contributed by atoms with van der Waals surface area (Å²) in [6.07, 6.45) is -4.67. The summed E-state index contributed by atoms with van der Waals surface area (Å²) in [5, 5.41) is 3.69. The fourth-order valence-electron chi connectivity index (χ4n) is 1.61. The van der Waals surface area contributed by atoms with Gasteiger partial charge in [0.05, 0.1) is 10.7 Å². The van der Waals surface area contributed by atoms with Crippen LogP contribution in [0.3, 0.4) is 0 Å². The largest absolute Gasteiger partial charge is 0.573 e. The number of halogens is 4. The van der Waals surface area contributed by atoms with Crippen LogP contribution in [0.5, 0.6) is 5.75 Å². The van der Waals surface area contributed by atoms with Crippen LogP contribution in [0, 0.1) is 0 Å². The van der Waals surface area contributed by atoms with E-state index in [4.69, 9.17) is 11.6 Å². The van der Waals surface area contributed by atoms with Crippen molar-refractivity contribution in [3.63, 3.8) is 0 Å². The van der Waals surface area contributed by atoms with Crippen LogP contribution in [-0.2, 0) is 6.54 Å². The molecule has 0 saturated carbocycles. The van der Waals surface area contributed by atoms with Crippen molar-refractivity contribution in [2.75, 3.05) is 5.32 Å². The number of hydrogen-bond acceptors (Lipinski definition) is 2. The number of rotatable bonds is 4. The van der Waals surface area contributed by atoms with Crippen molar-refractivity contribution in [3.05, 3.63) is 59.1 Å². The molecule has 2 nitrogen and oxygen atoms in total. The molecule has 0 saturated heterocycles. The molecule has 2 aromatic carbocycles. The molecule has 1 N–H and O–H groups in total. The summed E-state index contributed by atoms with van der Waals surface area (Å²) in [6, 6.07) is 12.9. The second-order valence-corrected chi connectivity index (χ2v) is 4.43. The first kappa shape index (κ1) is 14.5. The van der Waals surface area contributed by atoms with E-state index in [1.54, 1.807) is 18.2 Å². The third-order valence-electron chi connectivity index (χ3n) is 2.51. The van der Waals surface area contributed by atoms with Gasteiger partial charge in [0.25, 0.3) is 0 Å². The summed E-state index contributed by atoms with van der Waals surface area (Å²) < 4.78 is 39.8. The molecule has 0 amide bonds. The Morgan fingerprint density at radius 2 is 1.65 bits per heavy atom. The lowest BCUT2D eigenvalue weighted by atomic mass is 10.2. The van der Waals surface area contributed by atoms with Gasteiger partial charge in [0.1, 0.15) is 5.75 Å². The minimum Gasteiger partial charge on any atom is -0.406 e. The average molecular weight is 302 g/mol. The van der Waals surface area contributed by atoms with Crippen LogP contribution < -0.4 is 10.1 Å². The van der Waals surface area contributed by atoms with E-state index in [1.165, 1.54) is 12.1 Å². The standard InChI is InChI=1S/C14H11ClF3NO/c15-12-3-1-2-4-13(12)19-9-10-5-7-11(8-6-10)20-14(16,17)18/h1-8,19H,9H2. The van der Waals surface area contributed by atoms with E-state index in [0.29, 0.717) is 11.6 Å². The number of anilines is 1. The van der Waals surface area contributed by atoms with Gasteiger partial charge >= 0.3 is 6.36 Å². The second kappa shape index (κ2) is 6.05. The molecular weight excluding hydrogens is 291 g/mol. The topological polar surface area (TPSA) is 21.3 Å². The summed E-state index contributed by atoms with van der Waals surface area (Å²) in [5.74, 6) is -0.237. The first-order valence-electron chi connectivity index (χ1n) is 5.77. The van der Waals surface area contributed by atoms with Gasteiger partial charge in [0, 0.05) is 6.54 Å². The Bertz CT molecular complexity index is 569. The minimum absolute atomic E-state index is 0.237. The zero-order valence-corrected chi connectivity index (χ0v) is 11.0. The third kappa shape index (κ3) is 4.35. The summed E-state index contributed by atoms with van der Waals surface area (Å²) in [7, 11) is 0. The second-order valence-electron chi connectivity index (χ2n) is 4.03. The highest BCUT2D eigenvalue weighted by Gasteiger charge is 2.30. The summed E-state index contributed by atoms with van der Waals surface area (Å²) >= 11 is 5.98. The predicted molar refractivity (Wildman–Crippen MR) is 71.9 cm³/mol. The molecule has 0 radical (unpaired) electrons. The van der Waals surface area contributed by atoms with E-state index >= 15 is 0 Å². The third-order valence-corrected chi connectivity index (χ3v) is 2.84. The molecule has 0 spiro atoms. The fraction of sp³-hybridized carbons (Fsp3) is 0.143. The Labute approximate surface area is 119 Å². The van der Waals surface area contributed by atoms with E-state index in [2.05, 4.69) is 10.1 Å². The molecule has 0 aliphatic rings. The van der Waals surface area contributed by atoms with Crippen molar-refractivity contribution in [2.45, 2.75) is 12.9 Å². The molecule has 106 valence electrons. The van der Waals surface area contributed by atoms with Crippen molar-refractivity contribution in [1.29, 1.82) is 0 Å². The van der Waals surface area contributed by atoms with Gasteiger partial charge in [-0.2, -0.15) is 0 Å². The normalized spacial score (nSPS) is 11.2. The van der Waals surface area contributed by atoms with Crippen LogP contribution in [0.2, 0.25) is 5.02 Å². The number of alkyl halides is 3. The predicted octanol–water partition coefficient (Wildman–Crippen LogP) is 4.85. The highest BCUT2D eigenvalue weighted by molar-refractivity contribution is 6.33. The Balaban J connectivity index is 1.96. The van der Waals surface area contributed by atoms with Gasteiger partial charge in [0.15, 0.2) is 0 Å². The molecule has 0 aromatic heterocycles. The Hall–Kier alpha value is -1.88. The van der Waals surface area contributed by atoms with Crippen molar-refractivity contribution in [3.8, 4) is 5.75 Å². The van der Waals surface area contributed by atoms with Gasteiger partial charge in [-0.1, -0.05) is 35.9 Å². The minimum atomic E-state index is -4.67. The molecule has 0 heterocycles. The molecule has 0 aliphatic heterocycles. The maximum absolute atomic E-state index is 12.0. The van der Waals surface area contributed by atoms with E-state index in [1.807, 2.05) is 18.2 Å². The van der Waals surface area contributed by atoms with Crippen LogP contribution in [0.4, 0.5) is 18.9 Å². The van der Waals surface area contributed by atoms with E-state index < -0.39 is 6.36 Å². The lowest BCUT2D eigenvalue weighted by Gasteiger charge is -2.10. The molecular formula is C14H11ClF3NO. The maximum atomic E-state index is 12.0. The molecule has 0 bridgehead atoms. The highest BCUT2D eigenvalue weighted by Crippen LogP contribution is 2.24. The smallest absolute Gasteiger partial charge is 0.406 e. The number of para-hydroxylation sites is 1. The Morgan fingerprint density at radius 3 is 2.25 bits per heavy atom. The Morgan fingerprint density at radius 1 is 1.00 bits per heavy atom. The zero-order valence-electron chi connectivity index (χ0n) is 10.2. The number of nitrogens with one attached hydrogen (secondary N) is 1. The fourth-order valence-corrected chi connectivity index (χ4v) is 1.81. The van der Waals surface area contributed by atoms with Crippen LogP contribution >= 0.6 is 11.6 Å². The average Bonchev–Trinajstić information content (AvgIpc) is 2.38. The quantitative estimate of drug-likeness (QED) is 0.871. The van der Waals surface area contributed by atoms with Crippen LogP contribution in [0.25, 0.3) is 0 Å². The van der Waals surface area contributed by atoms with Gasteiger partial charge in [-0.15, -0.1) is 13.2 Å². The van der Waals surface area contributed by atoms with Gasteiger partial charge in [-0.05, 0) is 29.8 Å². The zero-order chi connectivity index (χ0) is 14.6. The van der Waals surface area contributed by atoms with Crippen LogP contribution in [0.15, 0.2) is 48.5 Å². The first-order valence-corrected chi connectivity index (χ1v) is 6.15. The van der Waals surface area contributed by atoms with E-state index in [-0.39, 0.29) is 5.75 Å². The van der Waals surface area contributed by atoms with Crippen molar-refractivity contribution < 1.29 is 17.9 Å². The molecule has 2 aromatic rings. The first-order chi connectivity index (χ1) is 9.44. The van der Waals surface area contributed by atoms with Crippen molar-refractivity contribution in [1.82, 2.24) is 0 Å². The summed E-state index contributed by atoms with van der Waals surface area (Å²) in [4.78, 5) is 0. The summed E-state index contributed by atoms with van der Waals surface area (Å²) in [5.41, 5.74) is 1.59. The van der Waals surface area contributed by atoms with Crippen molar-refractivity contribution >= 4 is 17.3 Å². The maximum Gasteiger partial charge on any atom is 0.573 e. The van der Waals surface area contributed by atoms with Crippen molar-refractivity contribution in [2.24, 2.45) is 0 Å². The van der Waals surface area contributed by atoms with E-state index in [9.17, 15) is 13.2 Å². The molecule has 20 heavy (non-hydrogen) atoms. The number of hydrogen-bond donors (Lipinski definition) is 1. The number of benzene rings is 2. The van der Waals surface area contributed by atoms with Gasteiger partial charge < -0.3 is 10.1 Å². The monoisotopic (exact) mass is 301 g/mol. The Kier molecular flexibility index (Phi) is 4.39.